The van der Waals surface area contributed by atoms with Gasteiger partial charge < -0.3 is 20.0 Å². The predicted octanol–water partition coefficient (Wildman–Crippen LogP) is 2.28. The van der Waals surface area contributed by atoms with E-state index >= 15 is 0 Å². The van der Waals surface area contributed by atoms with E-state index in [1.54, 1.807) is 7.05 Å². The van der Waals surface area contributed by atoms with Gasteiger partial charge in [0.2, 0.25) is 11.8 Å². The number of aliphatic imine (C=N–C) groups is 1. The van der Waals surface area contributed by atoms with Crippen molar-refractivity contribution in [3.63, 3.8) is 0 Å². The van der Waals surface area contributed by atoms with Gasteiger partial charge >= 0.3 is 0 Å². The van der Waals surface area contributed by atoms with Crippen LogP contribution >= 0.6 is 0 Å². The second-order valence-electron chi connectivity index (χ2n) is 6.72. The molecule has 0 fully saturated rings. The van der Waals surface area contributed by atoms with E-state index in [4.69, 9.17) is 4.42 Å². The molecule has 0 spiro atoms. The zero-order chi connectivity index (χ0) is 19.2. The topological polar surface area (TPSA) is 82.8 Å². The highest BCUT2D eigenvalue weighted by atomic mass is 16.4. The summed E-state index contributed by atoms with van der Waals surface area (Å²) in [6.07, 6.45) is 1.28. The minimum absolute atomic E-state index is 0.196. The Labute approximate surface area is 159 Å². The molecule has 2 heterocycles. The first-order valence-corrected chi connectivity index (χ1v) is 9.29. The molecular weight excluding hydrogens is 342 g/mol. The van der Waals surface area contributed by atoms with Gasteiger partial charge in [-0.1, -0.05) is 24.3 Å². The average molecular weight is 369 g/mol. The molecule has 1 aromatic heterocycles. The lowest BCUT2D eigenvalue weighted by molar-refractivity contribution is -0.131. The maximum absolute atomic E-state index is 12.4. The van der Waals surface area contributed by atoms with Gasteiger partial charge in [-0.15, -0.1) is 0 Å². The molecule has 2 aromatic rings. The Morgan fingerprint density at radius 1 is 1.22 bits per heavy atom. The highest BCUT2D eigenvalue weighted by molar-refractivity contribution is 5.80. The van der Waals surface area contributed by atoms with Crippen LogP contribution in [0.25, 0.3) is 0 Å². The zero-order valence-corrected chi connectivity index (χ0v) is 16.2. The van der Waals surface area contributed by atoms with Crippen LogP contribution in [-0.2, 0) is 24.4 Å². The fraction of sp³-hybridized carbons (Fsp3) is 0.450. The SMILES string of the molecule is CN=C(NCCCC(=O)N1Cc2ccccc2C1)NCc1nc(C)c(C)o1. The first-order valence-electron chi connectivity index (χ1n) is 9.29. The van der Waals surface area contributed by atoms with E-state index in [-0.39, 0.29) is 5.91 Å². The first kappa shape index (κ1) is 18.9. The maximum atomic E-state index is 12.4. The Morgan fingerprint density at radius 3 is 2.52 bits per heavy atom. The molecule has 0 aliphatic carbocycles. The van der Waals surface area contributed by atoms with Crippen molar-refractivity contribution in [3.05, 3.63) is 52.7 Å². The molecule has 0 saturated carbocycles. The van der Waals surface area contributed by atoms with Gasteiger partial charge in [0.05, 0.1) is 12.2 Å². The van der Waals surface area contributed by atoms with Gasteiger partial charge in [-0.3, -0.25) is 9.79 Å². The van der Waals surface area contributed by atoms with Gasteiger partial charge in [0.15, 0.2) is 5.96 Å². The van der Waals surface area contributed by atoms with E-state index < -0.39 is 0 Å². The standard InChI is InChI=1S/C20H27N5O2/c1-14-15(2)27-18(24-14)11-23-20(21-3)22-10-6-9-19(26)25-12-16-7-4-5-8-17(16)13-25/h4-5,7-8H,6,9-13H2,1-3H3,(H2,21,22,23). The third-order valence-corrected chi connectivity index (χ3v) is 4.76. The fourth-order valence-electron chi connectivity index (χ4n) is 3.11. The molecule has 7 nitrogen and oxygen atoms in total. The van der Waals surface area contributed by atoms with Crippen molar-refractivity contribution in [1.82, 2.24) is 20.5 Å². The van der Waals surface area contributed by atoms with Gasteiger partial charge in [0, 0.05) is 33.1 Å². The van der Waals surface area contributed by atoms with E-state index in [9.17, 15) is 4.79 Å². The maximum Gasteiger partial charge on any atom is 0.223 e. The number of benzene rings is 1. The second kappa shape index (κ2) is 8.70. The van der Waals surface area contributed by atoms with Crippen LogP contribution in [0, 0.1) is 13.8 Å². The summed E-state index contributed by atoms with van der Waals surface area (Å²) < 4.78 is 5.54. The number of rotatable bonds is 6. The number of carbonyl (C=O) groups excluding carboxylic acids is 1. The van der Waals surface area contributed by atoms with E-state index in [1.807, 2.05) is 30.9 Å². The summed E-state index contributed by atoms with van der Waals surface area (Å²) in [5.74, 6) is 2.33. The molecule has 1 aromatic carbocycles. The van der Waals surface area contributed by atoms with E-state index in [2.05, 4.69) is 32.7 Å². The van der Waals surface area contributed by atoms with Gasteiger partial charge in [0.1, 0.15) is 5.76 Å². The summed E-state index contributed by atoms with van der Waals surface area (Å²) >= 11 is 0. The molecule has 0 bridgehead atoms. The van der Waals surface area contributed by atoms with Crippen molar-refractivity contribution in [2.45, 2.75) is 46.3 Å². The minimum Gasteiger partial charge on any atom is -0.444 e. The smallest absolute Gasteiger partial charge is 0.223 e. The highest BCUT2D eigenvalue weighted by Crippen LogP contribution is 2.22. The van der Waals surface area contributed by atoms with E-state index in [0.717, 1.165) is 31.0 Å². The van der Waals surface area contributed by atoms with Gasteiger partial charge in [-0.05, 0) is 31.4 Å². The molecule has 0 radical (unpaired) electrons. The van der Waals surface area contributed by atoms with Crippen molar-refractivity contribution in [1.29, 1.82) is 0 Å². The van der Waals surface area contributed by atoms with Gasteiger partial charge in [0.25, 0.3) is 0 Å². The lowest BCUT2D eigenvalue weighted by atomic mass is 10.1. The van der Waals surface area contributed by atoms with Crippen LogP contribution in [0.5, 0.6) is 0 Å². The molecule has 1 aliphatic heterocycles. The fourth-order valence-corrected chi connectivity index (χ4v) is 3.11. The lowest BCUT2D eigenvalue weighted by Gasteiger charge is -2.16. The average Bonchev–Trinajstić information content (AvgIpc) is 3.24. The number of nitrogens with one attached hydrogen (secondary N) is 2. The van der Waals surface area contributed by atoms with Crippen molar-refractivity contribution < 1.29 is 9.21 Å². The van der Waals surface area contributed by atoms with Crippen LogP contribution in [0.1, 0.15) is 41.3 Å². The van der Waals surface area contributed by atoms with Crippen LogP contribution in [0.3, 0.4) is 0 Å². The Bertz CT molecular complexity index is 783. The Kier molecular flexibility index (Phi) is 6.11. The van der Waals surface area contributed by atoms with Crippen LogP contribution in [0.4, 0.5) is 0 Å². The number of aryl methyl sites for hydroxylation is 2. The summed E-state index contributed by atoms with van der Waals surface area (Å²) in [7, 11) is 1.72. The monoisotopic (exact) mass is 369 g/mol. The second-order valence-corrected chi connectivity index (χ2v) is 6.72. The number of nitrogens with zero attached hydrogens (tertiary/aromatic N) is 3. The van der Waals surface area contributed by atoms with Crippen molar-refractivity contribution >= 4 is 11.9 Å². The largest absolute Gasteiger partial charge is 0.444 e. The molecule has 144 valence electrons. The predicted molar refractivity (Wildman–Crippen MR) is 104 cm³/mol. The third-order valence-electron chi connectivity index (χ3n) is 4.76. The van der Waals surface area contributed by atoms with Crippen molar-refractivity contribution in [2.24, 2.45) is 4.99 Å². The number of amides is 1. The molecule has 27 heavy (non-hydrogen) atoms. The summed E-state index contributed by atoms with van der Waals surface area (Å²) in [6.45, 7) is 6.41. The number of aromatic nitrogens is 1. The van der Waals surface area contributed by atoms with Crippen LogP contribution < -0.4 is 10.6 Å². The van der Waals surface area contributed by atoms with Crippen LogP contribution in [0.15, 0.2) is 33.7 Å². The first-order chi connectivity index (χ1) is 13.1. The molecule has 0 unspecified atom stereocenters. The van der Waals surface area contributed by atoms with Gasteiger partial charge in [-0.2, -0.15) is 0 Å². The van der Waals surface area contributed by atoms with Crippen molar-refractivity contribution in [3.8, 4) is 0 Å². The Balaban J connectivity index is 1.36. The molecule has 7 heteroatoms. The van der Waals surface area contributed by atoms with E-state index in [0.29, 0.717) is 31.4 Å². The molecule has 1 amide bonds. The molecule has 2 N–H and O–H groups in total. The Hall–Kier alpha value is -2.83. The Morgan fingerprint density at radius 2 is 1.93 bits per heavy atom. The summed E-state index contributed by atoms with van der Waals surface area (Å²) in [6, 6.07) is 8.24. The molecule has 0 atom stereocenters. The highest BCUT2D eigenvalue weighted by Gasteiger charge is 2.22. The number of carbonyl (C=O) groups is 1. The quantitative estimate of drug-likeness (QED) is 0.464. The third kappa shape index (κ3) is 4.87. The number of hydrogen-bond donors (Lipinski definition) is 2. The van der Waals surface area contributed by atoms with Crippen LogP contribution in [-0.4, -0.2) is 35.3 Å². The van der Waals surface area contributed by atoms with Crippen LogP contribution in [0.2, 0.25) is 0 Å². The normalized spacial score (nSPS) is 13.6. The number of oxazole rings is 1. The molecule has 1 aliphatic rings. The summed E-state index contributed by atoms with van der Waals surface area (Å²) in [5, 5.41) is 6.39. The molecule has 0 saturated heterocycles. The number of guanidine groups is 1. The summed E-state index contributed by atoms with van der Waals surface area (Å²) in [4.78, 5) is 22.8. The van der Waals surface area contributed by atoms with E-state index in [1.165, 1.54) is 11.1 Å². The minimum atomic E-state index is 0.196. The van der Waals surface area contributed by atoms with Gasteiger partial charge in [-0.25, -0.2) is 4.98 Å². The number of hydrogen-bond acceptors (Lipinski definition) is 4. The number of fused-ring (bicyclic) bond motifs is 1. The summed E-state index contributed by atoms with van der Waals surface area (Å²) in [5.41, 5.74) is 3.41. The molecular formula is C20H27N5O2. The zero-order valence-electron chi connectivity index (χ0n) is 16.2. The lowest BCUT2D eigenvalue weighted by Crippen LogP contribution is -2.37. The molecule has 3 rings (SSSR count). The van der Waals surface area contributed by atoms with Crippen molar-refractivity contribution in [2.75, 3.05) is 13.6 Å².